The standard InChI is InChI=1S/C15H20ClN3S/c1-10-7-11(9-12(16)8-10)14-19-18-13(20-14)5-6-17-15(2,3)4/h7-9,17H,5-6H2,1-4H3. The van der Waals surface area contributed by atoms with E-state index >= 15 is 0 Å². The largest absolute Gasteiger partial charge is 0.312 e. The molecule has 108 valence electrons. The van der Waals surface area contributed by atoms with Crippen molar-refractivity contribution in [3.8, 4) is 10.6 Å². The Balaban J connectivity index is 2.05. The van der Waals surface area contributed by atoms with Crippen molar-refractivity contribution >= 4 is 22.9 Å². The highest BCUT2D eigenvalue weighted by atomic mass is 35.5. The van der Waals surface area contributed by atoms with Gasteiger partial charge in [-0.05, 0) is 51.5 Å². The molecule has 2 aromatic rings. The maximum absolute atomic E-state index is 6.09. The van der Waals surface area contributed by atoms with E-state index in [0.717, 1.165) is 39.1 Å². The Labute approximate surface area is 129 Å². The molecule has 2 rings (SSSR count). The first kappa shape index (κ1) is 15.4. The maximum atomic E-state index is 6.09. The summed E-state index contributed by atoms with van der Waals surface area (Å²) in [6.45, 7) is 9.42. The topological polar surface area (TPSA) is 37.8 Å². The first-order chi connectivity index (χ1) is 9.33. The van der Waals surface area contributed by atoms with Crippen LogP contribution in [0, 0.1) is 6.92 Å². The lowest BCUT2D eigenvalue weighted by Gasteiger charge is -2.19. The summed E-state index contributed by atoms with van der Waals surface area (Å²) in [5, 5.41) is 14.7. The molecule has 0 unspecified atom stereocenters. The van der Waals surface area contributed by atoms with E-state index in [-0.39, 0.29) is 5.54 Å². The molecule has 1 N–H and O–H groups in total. The first-order valence-corrected chi connectivity index (χ1v) is 7.88. The molecule has 0 aliphatic carbocycles. The molecule has 0 saturated carbocycles. The van der Waals surface area contributed by atoms with Gasteiger partial charge in [0.2, 0.25) is 0 Å². The van der Waals surface area contributed by atoms with Crippen molar-refractivity contribution in [3.05, 3.63) is 33.8 Å². The van der Waals surface area contributed by atoms with E-state index < -0.39 is 0 Å². The van der Waals surface area contributed by atoms with Gasteiger partial charge in [0.25, 0.3) is 0 Å². The molecule has 0 saturated heterocycles. The molecule has 0 aliphatic heterocycles. The molecule has 5 heteroatoms. The Morgan fingerprint density at radius 1 is 1.20 bits per heavy atom. The second-order valence-electron chi connectivity index (χ2n) is 5.94. The summed E-state index contributed by atoms with van der Waals surface area (Å²) in [5.74, 6) is 0. The van der Waals surface area contributed by atoms with Crippen molar-refractivity contribution in [1.29, 1.82) is 0 Å². The molecule has 0 bridgehead atoms. The molecule has 0 radical (unpaired) electrons. The average molecular weight is 310 g/mol. The summed E-state index contributed by atoms with van der Waals surface area (Å²) in [6.07, 6.45) is 0.897. The third-order valence-corrected chi connectivity index (χ3v) is 4.00. The fourth-order valence-corrected chi connectivity index (χ4v) is 2.99. The quantitative estimate of drug-likeness (QED) is 0.924. The summed E-state index contributed by atoms with van der Waals surface area (Å²) in [5.41, 5.74) is 2.32. The normalized spacial score (nSPS) is 11.8. The van der Waals surface area contributed by atoms with Crippen LogP contribution in [0.5, 0.6) is 0 Å². The van der Waals surface area contributed by atoms with E-state index in [2.05, 4.69) is 42.4 Å². The molecule has 1 aromatic carbocycles. The lowest BCUT2D eigenvalue weighted by molar-refractivity contribution is 0.429. The number of hydrogen-bond acceptors (Lipinski definition) is 4. The minimum absolute atomic E-state index is 0.136. The molecule has 0 atom stereocenters. The zero-order chi connectivity index (χ0) is 14.8. The first-order valence-electron chi connectivity index (χ1n) is 6.68. The summed E-state index contributed by atoms with van der Waals surface area (Å²) in [4.78, 5) is 0. The number of hydrogen-bond donors (Lipinski definition) is 1. The van der Waals surface area contributed by atoms with Gasteiger partial charge in [0, 0.05) is 29.1 Å². The average Bonchev–Trinajstić information content (AvgIpc) is 2.74. The number of aromatic nitrogens is 2. The van der Waals surface area contributed by atoms with E-state index in [9.17, 15) is 0 Å². The van der Waals surface area contributed by atoms with Crippen molar-refractivity contribution in [3.63, 3.8) is 0 Å². The molecular weight excluding hydrogens is 290 g/mol. The van der Waals surface area contributed by atoms with Crippen molar-refractivity contribution in [1.82, 2.24) is 15.5 Å². The van der Waals surface area contributed by atoms with Crippen LogP contribution in [-0.4, -0.2) is 22.3 Å². The summed E-state index contributed by atoms with van der Waals surface area (Å²) in [6, 6.07) is 5.97. The van der Waals surface area contributed by atoms with Crippen LogP contribution in [0.1, 0.15) is 31.3 Å². The lowest BCUT2D eigenvalue weighted by atomic mass is 10.1. The summed E-state index contributed by atoms with van der Waals surface area (Å²) < 4.78 is 0. The minimum atomic E-state index is 0.136. The zero-order valence-electron chi connectivity index (χ0n) is 12.3. The highest BCUT2D eigenvalue weighted by Gasteiger charge is 2.11. The smallest absolute Gasteiger partial charge is 0.147 e. The van der Waals surface area contributed by atoms with Crippen molar-refractivity contribution < 1.29 is 0 Å². The van der Waals surface area contributed by atoms with Gasteiger partial charge in [0.1, 0.15) is 10.0 Å². The van der Waals surface area contributed by atoms with E-state index in [1.165, 1.54) is 0 Å². The number of nitrogens with one attached hydrogen (secondary N) is 1. The highest BCUT2D eigenvalue weighted by Crippen LogP contribution is 2.27. The van der Waals surface area contributed by atoms with Crippen molar-refractivity contribution in [2.45, 2.75) is 39.7 Å². The molecule has 1 aromatic heterocycles. The van der Waals surface area contributed by atoms with Crippen LogP contribution in [0.15, 0.2) is 18.2 Å². The van der Waals surface area contributed by atoms with Gasteiger partial charge >= 0.3 is 0 Å². The lowest BCUT2D eigenvalue weighted by Crippen LogP contribution is -2.37. The number of benzene rings is 1. The van der Waals surface area contributed by atoms with Gasteiger partial charge < -0.3 is 5.32 Å². The third-order valence-electron chi connectivity index (χ3n) is 2.75. The van der Waals surface area contributed by atoms with Crippen LogP contribution in [0.3, 0.4) is 0 Å². The minimum Gasteiger partial charge on any atom is -0.312 e. The Kier molecular flexibility index (Phi) is 4.78. The van der Waals surface area contributed by atoms with Crippen molar-refractivity contribution in [2.75, 3.05) is 6.54 Å². The van der Waals surface area contributed by atoms with Crippen LogP contribution < -0.4 is 5.32 Å². The van der Waals surface area contributed by atoms with Gasteiger partial charge in [-0.2, -0.15) is 0 Å². The Morgan fingerprint density at radius 3 is 2.60 bits per heavy atom. The second-order valence-corrected chi connectivity index (χ2v) is 7.44. The number of rotatable bonds is 4. The molecule has 0 fully saturated rings. The second kappa shape index (κ2) is 6.20. The van der Waals surface area contributed by atoms with Crippen LogP contribution in [0.25, 0.3) is 10.6 Å². The van der Waals surface area contributed by atoms with Gasteiger partial charge in [-0.3, -0.25) is 0 Å². The third kappa shape index (κ3) is 4.54. The number of halogens is 1. The van der Waals surface area contributed by atoms with E-state index in [0.29, 0.717) is 0 Å². The van der Waals surface area contributed by atoms with Crippen LogP contribution in [0.2, 0.25) is 5.02 Å². The number of nitrogens with zero attached hydrogens (tertiary/aromatic N) is 2. The maximum Gasteiger partial charge on any atom is 0.147 e. The van der Waals surface area contributed by atoms with E-state index in [1.807, 2.05) is 19.1 Å². The predicted octanol–water partition coefficient (Wildman–Crippen LogP) is 4.10. The molecule has 1 heterocycles. The SMILES string of the molecule is Cc1cc(Cl)cc(-c2nnc(CCNC(C)(C)C)s2)c1. The van der Waals surface area contributed by atoms with Gasteiger partial charge in [-0.15, -0.1) is 10.2 Å². The zero-order valence-corrected chi connectivity index (χ0v) is 13.9. The molecule has 0 amide bonds. The van der Waals surface area contributed by atoms with E-state index in [4.69, 9.17) is 11.6 Å². The van der Waals surface area contributed by atoms with E-state index in [1.54, 1.807) is 11.3 Å². The molecule has 3 nitrogen and oxygen atoms in total. The van der Waals surface area contributed by atoms with Gasteiger partial charge in [-0.1, -0.05) is 22.9 Å². The molecule has 0 spiro atoms. The monoisotopic (exact) mass is 309 g/mol. The van der Waals surface area contributed by atoms with Gasteiger partial charge in [0.15, 0.2) is 0 Å². The predicted molar refractivity (Wildman–Crippen MR) is 86.6 cm³/mol. The van der Waals surface area contributed by atoms with Crippen LogP contribution in [0.4, 0.5) is 0 Å². The Morgan fingerprint density at radius 2 is 1.95 bits per heavy atom. The van der Waals surface area contributed by atoms with Crippen LogP contribution in [-0.2, 0) is 6.42 Å². The Bertz CT molecular complexity index is 567. The number of aryl methyl sites for hydroxylation is 1. The summed E-state index contributed by atoms with van der Waals surface area (Å²) in [7, 11) is 0. The molecular formula is C15H20ClN3S. The summed E-state index contributed by atoms with van der Waals surface area (Å²) >= 11 is 7.72. The van der Waals surface area contributed by atoms with Crippen molar-refractivity contribution in [2.24, 2.45) is 0 Å². The fourth-order valence-electron chi connectivity index (χ4n) is 1.88. The fraction of sp³-hybridized carbons (Fsp3) is 0.467. The highest BCUT2D eigenvalue weighted by molar-refractivity contribution is 7.14. The molecule has 20 heavy (non-hydrogen) atoms. The van der Waals surface area contributed by atoms with Crippen LogP contribution >= 0.6 is 22.9 Å². The van der Waals surface area contributed by atoms with Gasteiger partial charge in [-0.25, -0.2) is 0 Å². The van der Waals surface area contributed by atoms with Gasteiger partial charge in [0.05, 0.1) is 0 Å². The molecule has 0 aliphatic rings. The Hall–Kier alpha value is -0.970.